The molecule has 1 heterocycles. The molecule has 1 N–H and O–H groups in total. The molecule has 0 aliphatic rings. The zero-order valence-corrected chi connectivity index (χ0v) is 11.8. The lowest BCUT2D eigenvalue weighted by atomic mass is 10.1. The Labute approximate surface area is 121 Å². The van der Waals surface area contributed by atoms with E-state index in [0.717, 1.165) is 0 Å². The van der Waals surface area contributed by atoms with Gasteiger partial charge in [-0.15, -0.1) is 0 Å². The van der Waals surface area contributed by atoms with Gasteiger partial charge in [-0.2, -0.15) is 0 Å². The molecule has 4 heteroatoms. The third-order valence-corrected chi connectivity index (χ3v) is 3.30. The van der Waals surface area contributed by atoms with Crippen molar-refractivity contribution in [2.24, 2.45) is 0 Å². The van der Waals surface area contributed by atoms with Crippen molar-refractivity contribution >= 4 is 27.8 Å². The van der Waals surface area contributed by atoms with Crippen LogP contribution in [0.1, 0.15) is 24.2 Å². The summed E-state index contributed by atoms with van der Waals surface area (Å²) in [7, 11) is 0. The standard InChI is InChI=1S/C17H15NO3/c1-10(2)21-17(20)13-8-5-7-12-15(13)18-14-9-4-3-6-11(14)16(12)19/h3-10H,1-2H3,(H,18,19). The van der Waals surface area contributed by atoms with Crippen molar-refractivity contribution < 1.29 is 9.53 Å². The number of H-pyrrole nitrogens is 1. The van der Waals surface area contributed by atoms with Crippen LogP contribution in [0.4, 0.5) is 0 Å². The monoisotopic (exact) mass is 281 g/mol. The highest BCUT2D eigenvalue weighted by atomic mass is 16.5. The summed E-state index contributed by atoms with van der Waals surface area (Å²) in [5.74, 6) is -0.429. The SMILES string of the molecule is CC(C)OC(=O)c1cccc2c(=O)c3ccccc3[nH]c12. The van der Waals surface area contributed by atoms with Gasteiger partial charge in [-0.1, -0.05) is 18.2 Å². The number of esters is 1. The molecule has 0 aliphatic carbocycles. The Morgan fingerprint density at radius 2 is 1.76 bits per heavy atom. The summed E-state index contributed by atoms with van der Waals surface area (Å²) in [5, 5.41) is 1.10. The summed E-state index contributed by atoms with van der Waals surface area (Å²) >= 11 is 0. The second-order valence-electron chi connectivity index (χ2n) is 5.18. The topological polar surface area (TPSA) is 59.2 Å². The van der Waals surface area contributed by atoms with E-state index in [9.17, 15) is 9.59 Å². The van der Waals surface area contributed by atoms with E-state index in [1.807, 2.05) is 18.2 Å². The van der Waals surface area contributed by atoms with Gasteiger partial charge in [0, 0.05) is 16.3 Å². The van der Waals surface area contributed by atoms with Crippen LogP contribution in [0.2, 0.25) is 0 Å². The zero-order valence-electron chi connectivity index (χ0n) is 11.8. The van der Waals surface area contributed by atoms with E-state index in [1.54, 1.807) is 38.1 Å². The van der Waals surface area contributed by atoms with Crippen LogP contribution in [0, 0.1) is 0 Å². The van der Waals surface area contributed by atoms with Crippen LogP contribution in [-0.2, 0) is 4.74 Å². The number of para-hydroxylation sites is 2. The van der Waals surface area contributed by atoms with Crippen molar-refractivity contribution in [3.63, 3.8) is 0 Å². The van der Waals surface area contributed by atoms with Crippen LogP contribution in [-0.4, -0.2) is 17.1 Å². The molecule has 0 atom stereocenters. The van der Waals surface area contributed by atoms with E-state index in [0.29, 0.717) is 27.4 Å². The molecule has 0 amide bonds. The van der Waals surface area contributed by atoms with Crippen molar-refractivity contribution in [2.45, 2.75) is 20.0 Å². The average Bonchev–Trinajstić information content (AvgIpc) is 2.46. The van der Waals surface area contributed by atoms with Crippen LogP contribution in [0.15, 0.2) is 47.3 Å². The number of nitrogens with one attached hydrogen (secondary N) is 1. The van der Waals surface area contributed by atoms with Crippen LogP contribution >= 0.6 is 0 Å². The fourth-order valence-electron chi connectivity index (χ4n) is 2.39. The fraction of sp³-hybridized carbons (Fsp3) is 0.176. The van der Waals surface area contributed by atoms with E-state index in [4.69, 9.17) is 4.74 Å². The van der Waals surface area contributed by atoms with Crippen molar-refractivity contribution in [3.05, 3.63) is 58.3 Å². The first-order chi connectivity index (χ1) is 10.1. The van der Waals surface area contributed by atoms with Gasteiger partial charge in [0.1, 0.15) is 0 Å². The normalized spacial score (nSPS) is 11.2. The van der Waals surface area contributed by atoms with E-state index in [2.05, 4.69) is 4.98 Å². The van der Waals surface area contributed by atoms with Gasteiger partial charge in [0.25, 0.3) is 0 Å². The van der Waals surface area contributed by atoms with Gasteiger partial charge in [-0.05, 0) is 38.1 Å². The summed E-state index contributed by atoms with van der Waals surface area (Å²) in [4.78, 5) is 27.9. The minimum absolute atomic E-state index is 0.0847. The largest absolute Gasteiger partial charge is 0.459 e. The Morgan fingerprint density at radius 3 is 2.52 bits per heavy atom. The average molecular weight is 281 g/mol. The smallest absolute Gasteiger partial charge is 0.340 e. The fourth-order valence-corrected chi connectivity index (χ4v) is 2.39. The molecular formula is C17H15NO3. The molecule has 0 spiro atoms. The summed E-state index contributed by atoms with van der Waals surface area (Å²) in [5.41, 5.74) is 1.52. The molecule has 4 nitrogen and oxygen atoms in total. The summed E-state index contributed by atoms with van der Waals surface area (Å²) in [6, 6.07) is 12.3. The number of rotatable bonds is 2. The number of carbonyl (C=O) groups excluding carboxylic acids is 1. The first kappa shape index (κ1) is 13.4. The maximum absolute atomic E-state index is 12.5. The Kier molecular flexibility index (Phi) is 3.22. The Morgan fingerprint density at radius 1 is 1.05 bits per heavy atom. The lowest BCUT2D eigenvalue weighted by molar-refractivity contribution is 0.0380. The third-order valence-electron chi connectivity index (χ3n) is 3.30. The number of carbonyl (C=O) groups is 1. The molecule has 0 bridgehead atoms. The van der Waals surface area contributed by atoms with Crippen LogP contribution in [0.3, 0.4) is 0 Å². The Balaban J connectivity index is 2.33. The van der Waals surface area contributed by atoms with E-state index in [1.165, 1.54) is 0 Å². The van der Waals surface area contributed by atoms with Gasteiger partial charge < -0.3 is 9.72 Å². The van der Waals surface area contributed by atoms with Crippen molar-refractivity contribution in [1.82, 2.24) is 4.98 Å². The lowest BCUT2D eigenvalue weighted by Gasteiger charge is -2.10. The lowest BCUT2D eigenvalue weighted by Crippen LogP contribution is -2.14. The van der Waals surface area contributed by atoms with Gasteiger partial charge >= 0.3 is 5.97 Å². The molecule has 0 saturated heterocycles. The number of ether oxygens (including phenoxy) is 1. The van der Waals surface area contributed by atoms with Crippen molar-refractivity contribution in [1.29, 1.82) is 0 Å². The molecule has 3 aromatic rings. The molecule has 106 valence electrons. The van der Waals surface area contributed by atoms with Gasteiger partial charge in [-0.25, -0.2) is 4.79 Å². The molecule has 2 aromatic carbocycles. The molecule has 21 heavy (non-hydrogen) atoms. The number of pyridine rings is 1. The number of hydrogen-bond acceptors (Lipinski definition) is 3. The van der Waals surface area contributed by atoms with Crippen LogP contribution in [0.25, 0.3) is 21.8 Å². The van der Waals surface area contributed by atoms with Crippen molar-refractivity contribution in [3.8, 4) is 0 Å². The second kappa shape index (κ2) is 5.05. The quantitative estimate of drug-likeness (QED) is 0.579. The number of fused-ring (bicyclic) bond motifs is 2. The summed E-state index contributed by atoms with van der Waals surface area (Å²) < 4.78 is 5.24. The molecule has 0 unspecified atom stereocenters. The van der Waals surface area contributed by atoms with E-state index < -0.39 is 5.97 Å². The minimum atomic E-state index is -0.429. The highest BCUT2D eigenvalue weighted by Crippen LogP contribution is 2.19. The molecule has 0 saturated carbocycles. The number of aromatic amines is 1. The first-order valence-electron chi connectivity index (χ1n) is 6.82. The van der Waals surface area contributed by atoms with E-state index >= 15 is 0 Å². The maximum atomic E-state index is 12.5. The minimum Gasteiger partial charge on any atom is -0.459 e. The highest BCUT2D eigenvalue weighted by Gasteiger charge is 2.15. The molecular weight excluding hydrogens is 266 g/mol. The molecule has 0 radical (unpaired) electrons. The second-order valence-corrected chi connectivity index (χ2v) is 5.18. The molecule has 0 fully saturated rings. The predicted octanol–water partition coefficient (Wildman–Crippen LogP) is 3.25. The summed E-state index contributed by atoms with van der Waals surface area (Å²) in [6.07, 6.45) is -0.208. The Bertz CT molecular complexity index is 893. The Hall–Kier alpha value is -2.62. The van der Waals surface area contributed by atoms with Crippen molar-refractivity contribution in [2.75, 3.05) is 0 Å². The maximum Gasteiger partial charge on any atom is 0.340 e. The summed E-state index contributed by atoms with van der Waals surface area (Å²) in [6.45, 7) is 3.59. The van der Waals surface area contributed by atoms with Crippen LogP contribution in [0.5, 0.6) is 0 Å². The molecule has 1 aromatic heterocycles. The molecule has 0 aliphatic heterocycles. The number of hydrogen-bond donors (Lipinski definition) is 1. The van der Waals surface area contributed by atoms with Gasteiger partial charge in [0.05, 0.1) is 17.2 Å². The number of benzene rings is 2. The third kappa shape index (κ3) is 2.29. The predicted molar refractivity (Wildman–Crippen MR) is 82.6 cm³/mol. The van der Waals surface area contributed by atoms with Gasteiger partial charge in [0.15, 0.2) is 5.43 Å². The molecule has 3 rings (SSSR count). The number of aromatic nitrogens is 1. The van der Waals surface area contributed by atoms with E-state index in [-0.39, 0.29) is 11.5 Å². The first-order valence-corrected chi connectivity index (χ1v) is 6.82. The van der Waals surface area contributed by atoms with Crippen LogP contribution < -0.4 is 5.43 Å². The van der Waals surface area contributed by atoms with Gasteiger partial charge in [-0.3, -0.25) is 4.79 Å². The highest BCUT2D eigenvalue weighted by molar-refractivity contribution is 6.05. The zero-order chi connectivity index (χ0) is 15.0. The van der Waals surface area contributed by atoms with Gasteiger partial charge in [0.2, 0.25) is 0 Å².